The van der Waals surface area contributed by atoms with Crippen molar-refractivity contribution < 1.29 is 14.6 Å². The number of nitro groups is 2. The summed E-state index contributed by atoms with van der Waals surface area (Å²) in [6.45, 7) is 1.73. The average molecular weight is 367 g/mol. The monoisotopic (exact) mass is 367 g/mol. The maximum absolute atomic E-state index is 12.5. The number of nitro benzene ring substituents is 2. The molecule has 3 rings (SSSR count). The number of benzene rings is 2. The molecule has 1 heterocycles. The summed E-state index contributed by atoms with van der Waals surface area (Å²) in [6, 6.07) is 12.7. The van der Waals surface area contributed by atoms with Crippen molar-refractivity contribution in [3.05, 3.63) is 86.1 Å². The summed E-state index contributed by atoms with van der Waals surface area (Å²) in [7, 11) is 0. The lowest BCUT2D eigenvalue weighted by Crippen LogP contribution is -2.15. The van der Waals surface area contributed by atoms with Gasteiger partial charge in [-0.1, -0.05) is 6.07 Å². The zero-order valence-electron chi connectivity index (χ0n) is 14.0. The van der Waals surface area contributed by atoms with Gasteiger partial charge in [-0.05, 0) is 25.1 Å². The number of nitrogens with zero attached hydrogens (tertiary/aromatic N) is 4. The van der Waals surface area contributed by atoms with Crippen molar-refractivity contribution in [2.45, 2.75) is 6.92 Å². The van der Waals surface area contributed by atoms with Crippen molar-refractivity contribution in [2.24, 2.45) is 0 Å². The van der Waals surface area contributed by atoms with Gasteiger partial charge in [0.25, 0.3) is 17.3 Å². The summed E-state index contributed by atoms with van der Waals surface area (Å²) in [5.74, 6) is -0.209. The molecule has 0 radical (unpaired) electrons. The lowest BCUT2D eigenvalue weighted by molar-refractivity contribution is -0.385. The van der Waals surface area contributed by atoms with E-state index in [1.54, 1.807) is 13.0 Å². The molecule has 0 saturated heterocycles. The van der Waals surface area contributed by atoms with Gasteiger partial charge in [0.15, 0.2) is 0 Å². The quantitative estimate of drug-likeness (QED) is 0.543. The van der Waals surface area contributed by atoms with Crippen molar-refractivity contribution in [3.8, 4) is 5.69 Å². The van der Waals surface area contributed by atoms with E-state index in [0.29, 0.717) is 17.2 Å². The summed E-state index contributed by atoms with van der Waals surface area (Å²) >= 11 is 0. The predicted molar refractivity (Wildman–Crippen MR) is 96.0 cm³/mol. The van der Waals surface area contributed by atoms with E-state index < -0.39 is 15.8 Å². The summed E-state index contributed by atoms with van der Waals surface area (Å²) < 4.78 is 1.42. The summed E-state index contributed by atoms with van der Waals surface area (Å²) in [4.78, 5) is 33.0. The Labute approximate surface area is 152 Å². The highest BCUT2D eigenvalue weighted by Gasteiger charge is 2.15. The zero-order valence-corrected chi connectivity index (χ0v) is 14.0. The molecule has 10 nitrogen and oxygen atoms in total. The molecule has 1 aromatic heterocycles. The van der Waals surface area contributed by atoms with E-state index in [4.69, 9.17) is 0 Å². The lowest BCUT2D eigenvalue weighted by atomic mass is 10.2. The minimum absolute atomic E-state index is 0.0650. The number of aromatic nitrogens is 2. The number of hydrogen-bond acceptors (Lipinski definition) is 6. The van der Waals surface area contributed by atoms with Crippen LogP contribution in [0.4, 0.5) is 17.2 Å². The van der Waals surface area contributed by atoms with Gasteiger partial charge in [-0.3, -0.25) is 25.0 Å². The van der Waals surface area contributed by atoms with Crippen LogP contribution in [0.15, 0.2) is 54.6 Å². The molecule has 0 aliphatic heterocycles. The molecule has 0 saturated carbocycles. The number of carbonyl (C=O) groups excluding carboxylic acids is 1. The minimum atomic E-state index is -0.581. The van der Waals surface area contributed by atoms with E-state index in [-0.39, 0.29) is 16.9 Å². The van der Waals surface area contributed by atoms with Crippen LogP contribution in [0.5, 0.6) is 0 Å². The molecule has 27 heavy (non-hydrogen) atoms. The molecule has 0 spiro atoms. The second kappa shape index (κ2) is 7.04. The van der Waals surface area contributed by atoms with Gasteiger partial charge in [-0.25, -0.2) is 4.68 Å². The average Bonchev–Trinajstić information content (AvgIpc) is 3.02. The summed E-state index contributed by atoms with van der Waals surface area (Å²) in [5.41, 5.74) is 0.997. The second-order valence-electron chi connectivity index (χ2n) is 5.62. The number of amides is 1. The fraction of sp³-hybridized carbons (Fsp3) is 0.0588. The first-order valence-electron chi connectivity index (χ1n) is 7.72. The van der Waals surface area contributed by atoms with E-state index >= 15 is 0 Å². The first-order valence-corrected chi connectivity index (χ1v) is 7.72. The van der Waals surface area contributed by atoms with Gasteiger partial charge in [0.05, 0.1) is 21.2 Å². The van der Waals surface area contributed by atoms with E-state index in [1.807, 2.05) is 0 Å². The van der Waals surface area contributed by atoms with Crippen molar-refractivity contribution in [3.63, 3.8) is 0 Å². The molecule has 136 valence electrons. The van der Waals surface area contributed by atoms with Gasteiger partial charge in [0.1, 0.15) is 5.82 Å². The van der Waals surface area contributed by atoms with Crippen LogP contribution in [0.25, 0.3) is 5.69 Å². The molecule has 0 unspecified atom stereocenters. The molecule has 0 aliphatic carbocycles. The van der Waals surface area contributed by atoms with E-state index in [0.717, 1.165) is 0 Å². The van der Waals surface area contributed by atoms with Crippen molar-refractivity contribution >= 4 is 23.1 Å². The molecule has 0 fully saturated rings. The standard InChI is InChI=1S/C17H13N5O5/c1-11-9-16(18-17(23)12-3-2-4-15(10-12)22(26)27)20(19-11)13-5-7-14(8-6-13)21(24)25/h2-10H,1H3,(H,18,23). The van der Waals surface area contributed by atoms with Gasteiger partial charge in [-0.2, -0.15) is 5.10 Å². The second-order valence-corrected chi connectivity index (χ2v) is 5.62. The highest BCUT2D eigenvalue weighted by atomic mass is 16.6. The molecule has 10 heteroatoms. The smallest absolute Gasteiger partial charge is 0.270 e. The fourth-order valence-corrected chi connectivity index (χ4v) is 2.45. The van der Waals surface area contributed by atoms with E-state index in [1.165, 1.54) is 53.2 Å². The number of anilines is 1. The van der Waals surface area contributed by atoms with Crippen LogP contribution in [0.1, 0.15) is 16.1 Å². The number of nitrogens with one attached hydrogen (secondary N) is 1. The summed E-state index contributed by atoms with van der Waals surface area (Å²) in [6.07, 6.45) is 0. The van der Waals surface area contributed by atoms with E-state index in [2.05, 4.69) is 10.4 Å². The van der Waals surface area contributed by atoms with Gasteiger partial charge in [0.2, 0.25) is 0 Å². The Kier molecular flexibility index (Phi) is 4.62. The number of aryl methyl sites for hydroxylation is 1. The molecule has 0 bridgehead atoms. The Morgan fingerprint density at radius 1 is 1.00 bits per heavy atom. The highest BCUT2D eigenvalue weighted by molar-refractivity contribution is 6.04. The van der Waals surface area contributed by atoms with Crippen molar-refractivity contribution in [1.29, 1.82) is 0 Å². The van der Waals surface area contributed by atoms with Crippen LogP contribution in [0.3, 0.4) is 0 Å². The molecular formula is C17H13N5O5. The van der Waals surface area contributed by atoms with Crippen LogP contribution in [-0.2, 0) is 0 Å². The molecule has 0 atom stereocenters. The van der Waals surface area contributed by atoms with Crippen molar-refractivity contribution in [1.82, 2.24) is 9.78 Å². The molecule has 2 aromatic carbocycles. The molecule has 0 aliphatic rings. The minimum Gasteiger partial charge on any atom is -0.306 e. The van der Waals surface area contributed by atoms with Crippen molar-refractivity contribution in [2.75, 3.05) is 5.32 Å². The van der Waals surface area contributed by atoms with Gasteiger partial charge in [0, 0.05) is 35.9 Å². The largest absolute Gasteiger partial charge is 0.306 e. The third-order valence-corrected chi connectivity index (χ3v) is 3.70. The van der Waals surface area contributed by atoms with Crippen LogP contribution >= 0.6 is 0 Å². The normalized spacial score (nSPS) is 10.4. The Morgan fingerprint density at radius 2 is 1.67 bits per heavy atom. The zero-order chi connectivity index (χ0) is 19.6. The topological polar surface area (TPSA) is 133 Å². The van der Waals surface area contributed by atoms with Gasteiger partial charge >= 0.3 is 0 Å². The number of rotatable bonds is 5. The Bertz CT molecular complexity index is 1040. The maximum Gasteiger partial charge on any atom is 0.270 e. The van der Waals surface area contributed by atoms with Crippen LogP contribution < -0.4 is 5.32 Å². The Morgan fingerprint density at radius 3 is 2.30 bits per heavy atom. The first kappa shape index (κ1) is 17.7. The number of hydrogen-bond donors (Lipinski definition) is 1. The van der Waals surface area contributed by atoms with Gasteiger partial charge < -0.3 is 5.32 Å². The molecule has 1 N–H and O–H groups in total. The predicted octanol–water partition coefficient (Wildman–Crippen LogP) is 3.25. The molecule has 3 aromatic rings. The number of carbonyl (C=O) groups is 1. The SMILES string of the molecule is Cc1cc(NC(=O)c2cccc([N+](=O)[O-])c2)n(-c2ccc([N+](=O)[O-])cc2)n1. The van der Waals surface area contributed by atoms with E-state index in [9.17, 15) is 25.0 Å². The van der Waals surface area contributed by atoms with Crippen LogP contribution in [0.2, 0.25) is 0 Å². The Hall–Kier alpha value is -4.08. The van der Waals surface area contributed by atoms with Crippen LogP contribution in [0, 0.1) is 27.2 Å². The number of non-ortho nitro benzene ring substituents is 2. The lowest BCUT2D eigenvalue weighted by Gasteiger charge is -2.09. The van der Waals surface area contributed by atoms with Gasteiger partial charge in [-0.15, -0.1) is 0 Å². The molecule has 1 amide bonds. The third kappa shape index (κ3) is 3.79. The van der Waals surface area contributed by atoms with Crippen LogP contribution in [-0.4, -0.2) is 25.5 Å². The Balaban J connectivity index is 1.90. The summed E-state index contributed by atoms with van der Waals surface area (Å²) in [5, 5.41) is 28.6. The maximum atomic E-state index is 12.5. The first-order chi connectivity index (χ1) is 12.8. The molecular weight excluding hydrogens is 354 g/mol. The fourth-order valence-electron chi connectivity index (χ4n) is 2.45. The third-order valence-electron chi connectivity index (χ3n) is 3.70. The highest BCUT2D eigenvalue weighted by Crippen LogP contribution is 2.21.